The first kappa shape index (κ1) is 16.3. The highest BCUT2D eigenvalue weighted by Crippen LogP contribution is 2.64. The van der Waals surface area contributed by atoms with Gasteiger partial charge in [0.2, 0.25) is 11.8 Å². The molecule has 4 fully saturated rings. The molecular weight excluding hydrogens is 332 g/mol. The minimum Gasteiger partial charge on any atom is -0.390 e. The van der Waals surface area contributed by atoms with E-state index >= 15 is 0 Å². The summed E-state index contributed by atoms with van der Waals surface area (Å²) in [6, 6.07) is 9.39. The molecule has 1 aromatic carbocycles. The molecule has 2 bridgehead atoms. The van der Waals surface area contributed by atoms with Crippen LogP contribution in [-0.2, 0) is 14.3 Å². The van der Waals surface area contributed by atoms with E-state index in [0.29, 0.717) is 6.54 Å². The van der Waals surface area contributed by atoms with Gasteiger partial charge in [0.1, 0.15) is 6.23 Å². The molecule has 138 valence electrons. The van der Waals surface area contributed by atoms with Crippen LogP contribution in [0.1, 0.15) is 31.4 Å². The minimum atomic E-state index is -0.518. The highest BCUT2D eigenvalue weighted by atomic mass is 16.5. The van der Waals surface area contributed by atoms with E-state index in [2.05, 4.69) is 5.32 Å². The number of hydrogen-bond donors (Lipinski definition) is 2. The molecule has 8 unspecified atom stereocenters. The SMILES string of the molecule is CCNC(=O)CC(c1ccccc1)N1C(=O)C2C3CC4C(OC1C42)C3O. The van der Waals surface area contributed by atoms with Crippen molar-refractivity contribution in [2.45, 2.75) is 44.2 Å². The third kappa shape index (κ3) is 2.06. The van der Waals surface area contributed by atoms with E-state index < -0.39 is 6.10 Å². The topological polar surface area (TPSA) is 78.9 Å². The maximum atomic E-state index is 13.3. The highest BCUT2D eigenvalue weighted by molar-refractivity contribution is 5.85. The Bertz CT molecular complexity index is 739. The highest BCUT2D eigenvalue weighted by Gasteiger charge is 2.73. The van der Waals surface area contributed by atoms with Crippen LogP contribution in [0.3, 0.4) is 0 Å². The van der Waals surface area contributed by atoms with E-state index in [9.17, 15) is 14.7 Å². The fourth-order valence-corrected chi connectivity index (χ4v) is 5.92. The Kier molecular flexibility index (Phi) is 3.62. The molecule has 0 spiro atoms. The van der Waals surface area contributed by atoms with Crippen molar-refractivity contribution in [1.29, 1.82) is 0 Å². The molecule has 26 heavy (non-hydrogen) atoms. The maximum absolute atomic E-state index is 13.3. The first-order chi connectivity index (χ1) is 12.6. The van der Waals surface area contributed by atoms with Crippen molar-refractivity contribution >= 4 is 11.8 Å². The van der Waals surface area contributed by atoms with Gasteiger partial charge in [0.25, 0.3) is 0 Å². The van der Waals surface area contributed by atoms with Crippen LogP contribution in [0.25, 0.3) is 0 Å². The zero-order valence-electron chi connectivity index (χ0n) is 14.7. The van der Waals surface area contributed by atoms with Gasteiger partial charge in [-0.15, -0.1) is 0 Å². The molecule has 2 saturated carbocycles. The number of fused-ring (bicyclic) bond motifs is 2. The first-order valence-electron chi connectivity index (χ1n) is 9.59. The molecule has 2 aliphatic heterocycles. The average molecular weight is 356 g/mol. The summed E-state index contributed by atoms with van der Waals surface area (Å²) in [5.74, 6) is 0.285. The van der Waals surface area contributed by atoms with Crippen molar-refractivity contribution in [3.05, 3.63) is 35.9 Å². The summed E-state index contributed by atoms with van der Waals surface area (Å²) in [6.45, 7) is 2.46. The fourth-order valence-electron chi connectivity index (χ4n) is 5.92. The van der Waals surface area contributed by atoms with Crippen molar-refractivity contribution in [3.63, 3.8) is 0 Å². The molecular formula is C20H24N2O4. The number of likely N-dealkylation sites (tertiary alicyclic amines) is 1. The molecule has 2 saturated heterocycles. The molecule has 8 atom stereocenters. The molecule has 2 amide bonds. The van der Waals surface area contributed by atoms with Crippen LogP contribution in [0.4, 0.5) is 0 Å². The maximum Gasteiger partial charge on any atom is 0.229 e. The number of ether oxygens (including phenoxy) is 1. The third-order valence-corrected chi connectivity index (χ3v) is 6.82. The van der Waals surface area contributed by atoms with Gasteiger partial charge in [0.05, 0.1) is 30.6 Å². The number of rotatable bonds is 5. The number of aliphatic hydroxyl groups excluding tert-OH is 1. The third-order valence-electron chi connectivity index (χ3n) is 6.82. The van der Waals surface area contributed by atoms with Crippen LogP contribution in [-0.4, -0.2) is 46.8 Å². The van der Waals surface area contributed by atoms with Crippen LogP contribution in [0.2, 0.25) is 0 Å². The molecule has 2 heterocycles. The second kappa shape index (κ2) is 5.79. The normalized spacial score (nSPS) is 40.3. The van der Waals surface area contributed by atoms with Gasteiger partial charge in [-0.1, -0.05) is 30.3 Å². The van der Waals surface area contributed by atoms with E-state index in [-0.39, 0.29) is 60.3 Å². The number of hydrogen-bond acceptors (Lipinski definition) is 4. The lowest BCUT2D eigenvalue weighted by Crippen LogP contribution is -2.46. The molecule has 2 aliphatic carbocycles. The van der Waals surface area contributed by atoms with E-state index in [1.165, 1.54) is 0 Å². The standard InChI is InChI=1S/C20H24N2O4/c1-2-21-14(23)9-13(10-6-4-3-5-7-10)22-19(25)15-11-8-12-16(15)20(22)26-18(12)17(11)24/h3-7,11-13,15-18,20,24H,2,8-9H2,1H3,(H,21,23). The van der Waals surface area contributed by atoms with E-state index in [1.54, 1.807) is 0 Å². The lowest BCUT2D eigenvalue weighted by Gasteiger charge is -2.35. The van der Waals surface area contributed by atoms with Crippen molar-refractivity contribution in [2.24, 2.45) is 23.7 Å². The van der Waals surface area contributed by atoms with Gasteiger partial charge in [-0.3, -0.25) is 9.59 Å². The summed E-state index contributed by atoms with van der Waals surface area (Å²) < 4.78 is 6.19. The smallest absolute Gasteiger partial charge is 0.229 e. The van der Waals surface area contributed by atoms with Crippen molar-refractivity contribution < 1.29 is 19.4 Å². The average Bonchev–Trinajstić information content (AvgIpc) is 3.32. The van der Waals surface area contributed by atoms with Gasteiger partial charge in [-0.25, -0.2) is 0 Å². The zero-order chi connectivity index (χ0) is 18.0. The lowest BCUT2D eigenvalue weighted by atomic mass is 9.80. The molecule has 6 nitrogen and oxygen atoms in total. The minimum absolute atomic E-state index is 0.0124. The van der Waals surface area contributed by atoms with Crippen molar-refractivity contribution in [3.8, 4) is 0 Å². The monoisotopic (exact) mass is 356 g/mol. The second-order valence-electron chi connectivity index (χ2n) is 7.98. The number of nitrogens with zero attached hydrogens (tertiary/aromatic N) is 1. The van der Waals surface area contributed by atoms with Gasteiger partial charge in [-0.2, -0.15) is 0 Å². The quantitative estimate of drug-likeness (QED) is 0.827. The Morgan fingerprint density at radius 1 is 1.35 bits per heavy atom. The van der Waals surface area contributed by atoms with Crippen molar-refractivity contribution in [2.75, 3.05) is 6.54 Å². The van der Waals surface area contributed by atoms with Gasteiger partial charge < -0.3 is 20.1 Å². The number of carbonyl (C=O) groups excluding carboxylic acids is 2. The van der Waals surface area contributed by atoms with Crippen LogP contribution in [0.15, 0.2) is 30.3 Å². The van der Waals surface area contributed by atoms with Gasteiger partial charge >= 0.3 is 0 Å². The zero-order valence-corrected chi connectivity index (χ0v) is 14.7. The van der Waals surface area contributed by atoms with Crippen LogP contribution >= 0.6 is 0 Å². The molecule has 2 N–H and O–H groups in total. The molecule has 0 aromatic heterocycles. The summed E-state index contributed by atoms with van der Waals surface area (Å²) in [5, 5.41) is 13.3. The summed E-state index contributed by atoms with van der Waals surface area (Å²) in [6.07, 6.45) is 0.137. The fraction of sp³-hybridized carbons (Fsp3) is 0.600. The molecule has 0 radical (unpaired) electrons. The Labute approximate surface area is 152 Å². The van der Waals surface area contributed by atoms with Crippen LogP contribution in [0, 0.1) is 23.7 Å². The summed E-state index contributed by atoms with van der Waals surface area (Å²) in [7, 11) is 0. The lowest BCUT2D eigenvalue weighted by molar-refractivity contribution is -0.157. The second-order valence-corrected chi connectivity index (χ2v) is 7.98. The van der Waals surface area contributed by atoms with Gasteiger partial charge in [0, 0.05) is 12.5 Å². The van der Waals surface area contributed by atoms with Gasteiger partial charge in [-0.05, 0) is 30.7 Å². The number of nitrogens with one attached hydrogen (secondary N) is 1. The molecule has 4 aliphatic rings. The Hall–Kier alpha value is -1.92. The number of carbonyl (C=O) groups is 2. The van der Waals surface area contributed by atoms with E-state index in [0.717, 1.165) is 12.0 Å². The number of aliphatic hydroxyl groups is 1. The molecule has 1 aromatic rings. The first-order valence-corrected chi connectivity index (χ1v) is 9.59. The predicted molar refractivity (Wildman–Crippen MR) is 92.6 cm³/mol. The van der Waals surface area contributed by atoms with Crippen molar-refractivity contribution in [1.82, 2.24) is 10.2 Å². The Morgan fingerprint density at radius 3 is 2.85 bits per heavy atom. The molecule has 6 heteroatoms. The summed E-state index contributed by atoms with van der Waals surface area (Å²) >= 11 is 0. The molecule has 5 rings (SSSR count). The van der Waals surface area contributed by atoms with Gasteiger partial charge in [0.15, 0.2) is 0 Å². The largest absolute Gasteiger partial charge is 0.390 e. The van der Waals surface area contributed by atoms with Crippen LogP contribution < -0.4 is 5.32 Å². The summed E-state index contributed by atoms with van der Waals surface area (Å²) in [4.78, 5) is 27.5. The predicted octanol–water partition coefficient (Wildman–Crippen LogP) is 1.06. The summed E-state index contributed by atoms with van der Waals surface area (Å²) in [5.41, 5.74) is 0.952. The number of amides is 2. The van der Waals surface area contributed by atoms with Crippen LogP contribution in [0.5, 0.6) is 0 Å². The van der Waals surface area contributed by atoms with E-state index in [1.807, 2.05) is 42.2 Å². The Balaban J connectivity index is 1.50. The number of benzene rings is 1. The Morgan fingerprint density at radius 2 is 2.12 bits per heavy atom. The van der Waals surface area contributed by atoms with E-state index in [4.69, 9.17) is 4.74 Å².